The lowest BCUT2D eigenvalue weighted by Crippen LogP contribution is -2.24. The second kappa shape index (κ2) is 38.2. The van der Waals surface area contributed by atoms with Crippen LogP contribution in [-0.2, 0) is 36.8 Å². The molecule has 119 heavy (non-hydrogen) atoms. The zero-order valence-corrected chi connectivity index (χ0v) is 66.5. The monoisotopic (exact) mass is 1650 g/mol. The van der Waals surface area contributed by atoms with Crippen molar-refractivity contribution in [2.75, 3.05) is 71.9 Å². The van der Waals surface area contributed by atoms with Crippen LogP contribution in [0, 0.1) is 4.64 Å². The van der Waals surface area contributed by atoms with E-state index in [0.29, 0.717) is 70.6 Å². The number of aromatic hydroxyl groups is 2. The number of nitrogen functional groups attached to an aromatic ring is 1. The van der Waals surface area contributed by atoms with Gasteiger partial charge in [0.1, 0.15) is 78.0 Å². The highest BCUT2D eigenvalue weighted by molar-refractivity contribution is 7.71. The van der Waals surface area contributed by atoms with Gasteiger partial charge in [-0.2, -0.15) is 0 Å². The summed E-state index contributed by atoms with van der Waals surface area (Å²) >= 11 is 5.08. The second-order valence-corrected chi connectivity index (χ2v) is 30.2. The zero-order valence-electron chi connectivity index (χ0n) is 65.7. The van der Waals surface area contributed by atoms with Crippen molar-refractivity contribution in [1.29, 1.82) is 0 Å². The number of para-hydroxylation sites is 1. The highest BCUT2D eigenvalue weighted by Crippen LogP contribution is 2.41. The molecule has 12 heterocycles. The number of ether oxygens (including phenoxy) is 5. The van der Waals surface area contributed by atoms with Crippen LogP contribution in [0.4, 0.5) is 11.6 Å². The molecule has 0 spiro atoms. The van der Waals surface area contributed by atoms with Crippen LogP contribution in [-0.4, -0.2) is 242 Å². The summed E-state index contributed by atoms with van der Waals surface area (Å²) in [6.45, 7) is 0.407. The second-order valence-electron chi connectivity index (χ2n) is 29.8. The number of pyridine rings is 2. The number of aromatic nitrogens is 12. The van der Waals surface area contributed by atoms with Gasteiger partial charge < -0.3 is 116 Å². The zero-order chi connectivity index (χ0) is 83.7. The molecule has 5 unspecified atom stereocenters. The Morgan fingerprint density at radius 2 is 0.983 bits per heavy atom. The van der Waals surface area contributed by atoms with Gasteiger partial charge in [-0.15, -0.1) is 0 Å². The van der Waals surface area contributed by atoms with Gasteiger partial charge in [0.05, 0.1) is 121 Å². The van der Waals surface area contributed by atoms with Crippen molar-refractivity contribution in [2.24, 2.45) is 0 Å². The predicted octanol–water partition coefficient (Wildman–Crippen LogP) is 6.98. The van der Waals surface area contributed by atoms with E-state index in [1.807, 2.05) is 134 Å². The summed E-state index contributed by atoms with van der Waals surface area (Å²) in [6.07, 6.45) is 2.72. The number of phenolic OH excluding ortho intramolecular Hbond substituents is 2. The van der Waals surface area contributed by atoms with Crippen molar-refractivity contribution in [3.8, 4) is 34.5 Å². The third-order valence-electron chi connectivity index (χ3n) is 21.4. The number of nitrogens with zero attached hydrogens (tertiary/aromatic N) is 12. The Morgan fingerprint density at radius 3 is 1.51 bits per heavy atom. The number of anilines is 2. The van der Waals surface area contributed by atoms with E-state index in [-0.39, 0.29) is 56.6 Å². The minimum Gasteiger partial charge on any atom is -0.504 e. The number of hydrogen-bond acceptors (Lipinski definition) is 29. The molecule has 0 radical (unpaired) electrons. The average Bonchev–Trinajstić information content (AvgIpc) is 1.62. The number of nitrogens with two attached hydrogens (primary N) is 1. The van der Waals surface area contributed by atoms with Gasteiger partial charge in [0.25, 0.3) is 0 Å². The van der Waals surface area contributed by atoms with Gasteiger partial charge >= 0.3 is 0 Å². The van der Waals surface area contributed by atoms with E-state index in [1.165, 1.54) is 24.1 Å². The average molecular weight is 1650 g/mol. The first-order valence-electron chi connectivity index (χ1n) is 39.1. The number of imidazole rings is 4. The molecule has 5 aliphatic rings. The van der Waals surface area contributed by atoms with Gasteiger partial charge in [-0.3, -0.25) is 18.7 Å². The van der Waals surface area contributed by atoms with Gasteiger partial charge in [-0.05, 0) is 103 Å². The van der Waals surface area contributed by atoms with Crippen molar-refractivity contribution in [3.63, 3.8) is 0 Å². The number of hydrogen-bond donors (Lipinski definition) is 16. The van der Waals surface area contributed by atoms with Crippen LogP contribution >= 0.6 is 12.2 Å². The Hall–Kier alpha value is -10.7. The van der Waals surface area contributed by atoms with Crippen LogP contribution in [0.25, 0.3) is 90.4 Å². The minimum absolute atomic E-state index is 0.148. The fourth-order valence-electron chi connectivity index (χ4n) is 15.2. The van der Waals surface area contributed by atoms with Gasteiger partial charge in [0.15, 0.2) is 33.7 Å². The molecule has 15 atom stereocenters. The number of fused-ring (bicyclic) bond motifs is 5. The van der Waals surface area contributed by atoms with E-state index >= 15 is 0 Å². The standard InChI is InChI=1S/C23H24N4O3.C21H25NO3.C19H22N4O3.C12H14N2O5.C10H13N5O3S/c1-24-12-14-6-8-17-19(10-14)27(22-11-20(29)21(13-28)30-22)23(26-17)18-9-7-15-4-2-3-5-16(15)25-18;1-22(2)18-11-7-16(8-12-18)4-3-15-5-9-17(10-6-15)20-13-19(24)21(14-23)25-20;1-20-10-12-5-6-13-15(8-12)23(18-9-16(25)17(11-24)26-18)19(22-13)14-4-2-3-7-21-14;15-4-11-10(18)3-12(19-11)14-5-13-6-1-8(16)9(17)2-7(6)14;11-10-13-8-7(9(19)14-10)12-3-15(8)6-1-4(17)5(2-16)18-6/h2-10,20-22,24,28-29H,11-13H2,1H3;3-12,19-21,23-24H,13-14H2,1-2H3;2-8,16-18,20,24-25H,9-11H2,1H3;1-2,5,10-12,15-18H,3-4H2;3-6,16-17H,1-2H2,(H3,11,13,14,19)/b;4-3+;;;/t20?,21-,22+;19?,20-,21+;16?,17-,18+;10?,11-,12-;4?,5-,6-/m10111/s1. The van der Waals surface area contributed by atoms with Crippen LogP contribution in [0.1, 0.15) is 90.9 Å². The van der Waals surface area contributed by atoms with E-state index in [2.05, 4.69) is 95.1 Å². The van der Waals surface area contributed by atoms with E-state index in [0.717, 1.165) is 85.3 Å². The Balaban J connectivity index is 0.000000123. The molecule has 13 aromatic rings. The van der Waals surface area contributed by atoms with Gasteiger partial charge in [-0.25, -0.2) is 29.9 Å². The molecule has 5 saturated heterocycles. The Morgan fingerprint density at radius 1 is 0.487 bits per heavy atom. The molecule has 0 aliphatic carbocycles. The van der Waals surface area contributed by atoms with Crippen LogP contribution < -0.4 is 21.3 Å². The lowest BCUT2D eigenvalue weighted by molar-refractivity contribution is -0.0432. The van der Waals surface area contributed by atoms with Crippen molar-refractivity contribution < 1.29 is 85.0 Å². The summed E-state index contributed by atoms with van der Waals surface area (Å²) in [6, 6.07) is 49.2. The van der Waals surface area contributed by atoms with Crippen LogP contribution in [0.2, 0.25) is 0 Å². The number of nitrogens with one attached hydrogen (secondary N) is 3. The number of rotatable bonds is 19. The number of aliphatic hydroxyl groups is 10. The third-order valence-corrected chi connectivity index (χ3v) is 21.7. The molecular formula is C85H98N16O17S. The van der Waals surface area contributed by atoms with Crippen LogP contribution in [0.15, 0.2) is 171 Å². The van der Waals surface area contributed by atoms with E-state index in [9.17, 15) is 51.1 Å². The van der Waals surface area contributed by atoms with E-state index in [1.54, 1.807) is 21.7 Å². The van der Waals surface area contributed by atoms with Crippen LogP contribution in [0.3, 0.4) is 0 Å². The van der Waals surface area contributed by atoms with Crippen LogP contribution in [0.5, 0.6) is 11.5 Å². The molecule has 33 nitrogen and oxygen atoms in total. The number of aliphatic hydroxyl groups excluding tert-OH is 10. The maximum absolute atomic E-state index is 10.3. The highest BCUT2D eigenvalue weighted by atomic mass is 32.1. The molecule has 17 N–H and O–H groups in total. The first kappa shape index (κ1) is 84.8. The highest BCUT2D eigenvalue weighted by Gasteiger charge is 2.41. The molecule has 5 aliphatic heterocycles. The molecule has 18 rings (SSSR count). The molecule has 5 fully saturated rings. The normalized spacial score (nSPS) is 24.0. The molecule has 34 heteroatoms. The molecule has 0 amide bonds. The maximum atomic E-state index is 10.3. The summed E-state index contributed by atoms with van der Waals surface area (Å²) in [5.41, 5.74) is 20.5. The summed E-state index contributed by atoms with van der Waals surface area (Å²) in [5, 5.41) is 122. The van der Waals surface area contributed by atoms with Gasteiger partial charge in [0, 0.05) is 88.7 Å². The summed E-state index contributed by atoms with van der Waals surface area (Å²) < 4.78 is 36.3. The topological polar surface area (TPSA) is 468 Å². The Kier molecular flexibility index (Phi) is 27.2. The van der Waals surface area contributed by atoms with E-state index in [4.69, 9.17) is 66.8 Å². The lowest BCUT2D eigenvalue weighted by atomic mass is 10.0. The minimum atomic E-state index is -0.738. The molecule has 7 aromatic heterocycles. The summed E-state index contributed by atoms with van der Waals surface area (Å²) in [4.78, 5) is 36.0. The molecule has 0 saturated carbocycles. The SMILES string of the molecule is CN(C)c1ccc(/C=C/c2ccc([C@@H]3CC(O)[C@@H](CO)O3)cc2)cc1.CNCc1ccc2nc(-c3ccc4ccccc4n3)n([C@@H]3CC(O)[C@@H](CO)O3)c2c1.CNCc1ccc2nc(-c3ccccn3)n([C@@H]3CC(O)[C@@H](CO)O3)c2c1.Nc1nc(=S)c2ncn([C@H]3CC(O)[C@@H](CO)O3)c2[nH]1.OC[C@H]1O[C@@H](n2cnc3cc(O)c(O)cc32)CC1O. The largest absolute Gasteiger partial charge is 0.504 e. The fraction of sp³-hybridized carbons (Fsp3) is 0.365. The summed E-state index contributed by atoms with van der Waals surface area (Å²) in [7, 11) is 7.88. The van der Waals surface area contributed by atoms with Crippen molar-refractivity contribution in [1.82, 2.24) is 68.8 Å². The fourth-order valence-corrected chi connectivity index (χ4v) is 15.4. The number of aromatic amines is 1. The molecule has 6 aromatic carbocycles. The third kappa shape index (κ3) is 19.0. The van der Waals surface area contributed by atoms with Gasteiger partial charge in [0.2, 0.25) is 0 Å². The number of phenols is 2. The molecule has 0 bridgehead atoms. The van der Waals surface area contributed by atoms with Crippen molar-refractivity contribution in [2.45, 2.75) is 137 Å². The first-order valence-corrected chi connectivity index (χ1v) is 39.5. The van der Waals surface area contributed by atoms with Gasteiger partial charge in [-0.1, -0.05) is 103 Å². The predicted molar refractivity (Wildman–Crippen MR) is 447 cm³/mol. The van der Waals surface area contributed by atoms with E-state index < -0.39 is 86.0 Å². The summed E-state index contributed by atoms with van der Waals surface area (Å²) in [5.74, 6) is 1.09. The Labute approximate surface area is 688 Å². The Bertz CT molecular complexity index is 5680. The molecule has 626 valence electrons. The molecular weight excluding hydrogens is 1550 g/mol. The quantitative estimate of drug-likeness (QED) is 0.0220. The van der Waals surface area contributed by atoms with Crippen molar-refractivity contribution in [3.05, 3.63) is 203 Å². The maximum Gasteiger partial charge on any atom is 0.200 e. The smallest absolute Gasteiger partial charge is 0.200 e. The van der Waals surface area contributed by atoms with Crippen molar-refractivity contribution >= 4 is 91.2 Å². The lowest BCUT2D eigenvalue weighted by Gasteiger charge is -2.17. The number of benzene rings is 6. The number of H-pyrrole nitrogens is 1. The first-order chi connectivity index (χ1) is 57.6.